The van der Waals surface area contributed by atoms with Crippen molar-refractivity contribution in [2.45, 2.75) is 45.8 Å². The van der Waals surface area contributed by atoms with E-state index >= 15 is 0 Å². The van der Waals surface area contributed by atoms with E-state index in [2.05, 4.69) is 5.32 Å². The standard InChI is InChI=1S/C14H26N2O5S2/c1-10(16(5)13(20)21-14(2,3)4)12(19)15-7-9-23-22-8-6-11(17)18/h10H,6-9H2,1-5H3,(H,15,19)(H,17,18)/t10-/m1/s1. The number of carbonyl (C=O) groups is 3. The third-order valence-corrected chi connectivity index (χ3v) is 5.02. The molecule has 0 radical (unpaired) electrons. The van der Waals surface area contributed by atoms with Crippen LogP contribution in [0, 0.1) is 0 Å². The number of nitrogens with zero attached hydrogens (tertiary/aromatic N) is 1. The average Bonchev–Trinajstić information content (AvgIpc) is 2.42. The van der Waals surface area contributed by atoms with E-state index in [0.717, 1.165) is 0 Å². The number of nitrogens with one attached hydrogen (secondary N) is 1. The highest BCUT2D eigenvalue weighted by Crippen LogP contribution is 2.21. The Bertz CT molecular complexity index is 412. The molecule has 0 aromatic heterocycles. The molecule has 0 aliphatic carbocycles. The van der Waals surface area contributed by atoms with Gasteiger partial charge in [-0.1, -0.05) is 21.6 Å². The maximum Gasteiger partial charge on any atom is 0.410 e. The highest BCUT2D eigenvalue weighted by atomic mass is 33.1. The molecular weight excluding hydrogens is 340 g/mol. The predicted octanol–water partition coefficient (Wildman–Crippen LogP) is 2.21. The summed E-state index contributed by atoms with van der Waals surface area (Å²) in [5.74, 6) is 0.130. The summed E-state index contributed by atoms with van der Waals surface area (Å²) in [6.07, 6.45) is -0.416. The molecule has 0 fully saturated rings. The van der Waals surface area contributed by atoms with Crippen LogP contribution < -0.4 is 5.32 Å². The fourth-order valence-electron chi connectivity index (χ4n) is 1.28. The molecular formula is C14H26N2O5S2. The molecule has 0 saturated heterocycles. The molecule has 0 aliphatic rings. The maximum atomic E-state index is 12.0. The number of ether oxygens (including phenoxy) is 1. The molecule has 0 aromatic rings. The van der Waals surface area contributed by atoms with Gasteiger partial charge in [0.15, 0.2) is 0 Å². The quantitative estimate of drug-likeness (QED) is 0.477. The molecule has 2 amide bonds. The zero-order valence-electron chi connectivity index (χ0n) is 14.2. The van der Waals surface area contributed by atoms with Crippen LogP contribution >= 0.6 is 21.6 Å². The van der Waals surface area contributed by atoms with E-state index in [4.69, 9.17) is 9.84 Å². The number of carboxylic acids is 1. The van der Waals surface area contributed by atoms with E-state index < -0.39 is 23.7 Å². The van der Waals surface area contributed by atoms with Crippen LogP contribution in [-0.2, 0) is 14.3 Å². The molecule has 0 saturated carbocycles. The first kappa shape index (κ1) is 21.9. The average molecular weight is 367 g/mol. The molecule has 2 N–H and O–H groups in total. The van der Waals surface area contributed by atoms with Gasteiger partial charge >= 0.3 is 12.1 Å². The summed E-state index contributed by atoms with van der Waals surface area (Å²) in [7, 11) is 4.49. The lowest BCUT2D eigenvalue weighted by molar-refractivity contribution is -0.136. The molecule has 0 aliphatic heterocycles. The fourth-order valence-corrected chi connectivity index (χ4v) is 3.16. The van der Waals surface area contributed by atoms with E-state index in [1.54, 1.807) is 27.7 Å². The second kappa shape index (κ2) is 10.6. The van der Waals surface area contributed by atoms with Crippen molar-refractivity contribution in [3.8, 4) is 0 Å². The van der Waals surface area contributed by atoms with Crippen molar-refractivity contribution in [3.63, 3.8) is 0 Å². The Hall–Kier alpha value is -1.09. The Morgan fingerprint density at radius 2 is 1.78 bits per heavy atom. The number of carboxylic acid groups (broad SMARTS) is 1. The van der Waals surface area contributed by atoms with Gasteiger partial charge in [-0.15, -0.1) is 0 Å². The van der Waals surface area contributed by atoms with Gasteiger partial charge in [-0.05, 0) is 27.7 Å². The maximum absolute atomic E-state index is 12.0. The molecule has 9 heteroatoms. The van der Waals surface area contributed by atoms with E-state index in [1.165, 1.54) is 33.5 Å². The van der Waals surface area contributed by atoms with Crippen LogP contribution in [0.15, 0.2) is 0 Å². The van der Waals surface area contributed by atoms with Crippen LogP contribution in [0.4, 0.5) is 4.79 Å². The van der Waals surface area contributed by atoms with Crippen LogP contribution in [0.5, 0.6) is 0 Å². The van der Waals surface area contributed by atoms with E-state index in [1.807, 2.05) is 0 Å². The molecule has 23 heavy (non-hydrogen) atoms. The van der Waals surface area contributed by atoms with Gasteiger partial charge in [-0.3, -0.25) is 14.5 Å². The van der Waals surface area contributed by atoms with Crippen molar-refractivity contribution in [2.75, 3.05) is 25.1 Å². The Morgan fingerprint density at radius 1 is 1.22 bits per heavy atom. The lowest BCUT2D eigenvalue weighted by atomic mass is 10.2. The van der Waals surface area contributed by atoms with Crippen molar-refractivity contribution in [1.29, 1.82) is 0 Å². The van der Waals surface area contributed by atoms with Crippen molar-refractivity contribution in [3.05, 3.63) is 0 Å². The summed E-state index contributed by atoms with van der Waals surface area (Å²) in [6, 6.07) is -0.630. The lowest BCUT2D eigenvalue weighted by Gasteiger charge is -2.28. The van der Waals surface area contributed by atoms with Crippen molar-refractivity contribution in [2.24, 2.45) is 0 Å². The summed E-state index contributed by atoms with van der Waals surface area (Å²) in [6.45, 7) is 7.39. The minimum atomic E-state index is -0.814. The largest absolute Gasteiger partial charge is 0.481 e. The SMILES string of the molecule is C[C@H](C(=O)NCCSSCCC(=O)O)N(C)C(=O)OC(C)(C)C. The Balaban J connectivity index is 3.97. The van der Waals surface area contributed by atoms with Crippen LogP contribution in [0.3, 0.4) is 0 Å². The number of carbonyl (C=O) groups excluding carboxylic acids is 2. The van der Waals surface area contributed by atoms with Crippen molar-refractivity contribution < 1.29 is 24.2 Å². The molecule has 134 valence electrons. The molecule has 0 spiro atoms. The second-order valence-electron chi connectivity index (χ2n) is 5.85. The molecule has 0 heterocycles. The van der Waals surface area contributed by atoms with Gasteiger partial charge in [0, 0.05) is 25.1 Å². The third kappa shape index (κ3) is 11.1. The molecule has 7 nitrogen and oxygen atoms in total. The third-order valence-electron chi connectivity index (χ3n) is 2.61. The van der Waals surface area contributed by atoms with E-state index in [0.29, 0.717) is 18.1 Å². The predicted molar refractivity (Wildman–Crippen MR) is 93.6 cm³/mol. The molecule has 0 rings (SSSR count). The normalized spacial score (nSPS) is 12.4. The number of hydrogen-bond donors (Lipinski definition) is 2. The fraction of sp³-hybridized carbons (Fsp3) is 0.786. The first-order valence-corrected chi connectivity index (χ1v) is 9.73. The van der Waals surface area contributed by atoms with Gasteiger partial charge < -0.3 is 15.2 Å². The first-order valence-electron chi connectivity index (χ1n) is 7.24. The highest BCUT2D eigenvalue weighted by Gasteiger charge is 2.26. The smallest absolute Gasteiger partial charge is 0.410 e. The van der Waals surface area contributed by atoms with Crippen LogP contribution in [0.25, 0.3) is 0 Å². The van der Waals surface area contributed by atoms with E-state index in [-0.39, 0.29) is 12.3 Å². The van der Waals surface area contributed by atoms with Crippen LogP contribution in [0.2, 0.25) is 0 Å². The molecule has 1 atom stereocenters. The van der Waals surface area contributed by atoms with Crippen LogP contribution in [0.1, 0.15) is 34.1 Å². The zero-order chi connectivity index (χ0) is 18.0. The highest BCUT2D eigenvalue weighted by molar-refractivity contribution is 8.76. The van der Waals surface area contributed by atoms with Crippen LogP contribution in [-0.4, -0.2) is 64.7 Å². The van der Waals surface area contributed by atoms with Gasteiger partial charge in [0.1, 0.15) is 11.6 Å². The second-order valence-corrected chi connectivity index (χ2v) is 8.55. The van der Waals surface area contributed by atoms with Gasteiger partial charge in [0.25, 0.3) is 0 Å². The first-order chi connectivity index (χ1) is 10.5. The number of likely N-dealkylation sites (N-methyl/N-ethyl adjacent to an activating group) is 1. The van der Waals surface area contributed by atoms with E-state index in [9.17, 15) is 14.4 Å². The van der Waals surface area contributed by atoms with Gasteiger partial charge in [0.2, 0.25) is 5.91 Å². The lowest BCUT2D eigenvalue weighted by Crippen LogP contribution is -2.47. The monoisotopic (exact) mass is 366 g/mol. The molecule has 0 aromatic carbocycles. The Morgan fingerprint density at radius 3 is 2.30 bits per heavy atom. The zero-order valence-corrected chi connectivity index (χ0v) is 15.9. The number of aliphatic carboxylic acids is 1. The summed E-state index contributed by atoms with van der Waals surface area (Å²) < 4.78 is 5.21. The topological polar surface area (TPSA) is 95.9 Å². The summed E-state index contributed by atoms with van der Waals surface area (Å²) in [5, 5.41) is 11.2. The van der Waals surface area contributed by atoms with Gasteiger partial charge in [-0.25, -0.2) is 4.79 Å². The van der Waals surface area contributed by atoms with Gasteiger partial charge in [0.05, 0.1) is 6.42 Å². The summed E-state index contributed by atoms with van der Waals surface area (Å²) in [4.78, 5) is 35.4. The van der Waals surface area contributed by atoms with Gasteiger partial charge in [-0.2, -0.15) is 0 Å². The van der Waals surface area contributed by atoms with Crippen molar-refractivity contribution >= 4 is 39.6 Å². The van der Waals surface area contributed by atoms with Crippen molar-refractivity contribution in [1.82, 2.24) is 10.2 Å². The summed E-state index contributed by atoms with van der Waals surface area (Å²) in [5.41, 5.74) is -0.606. The number of rotatable bonds is 9. The summed E-state index contributed by atoms with van der Waals surface area (Å²) >= 11 is 0. The molecule has 0 unspecified atom stereocenters. The number of hydrogen-bond acceptors (Lipinski definition) is 6. The minimum absolute atomic E-state index is 0.127. The Kier molecular flexibility index (Phi) is 10.1. The number of amides is 2. The molecule has 0 bridgehead atoms. The minimum Gasteiger partial charge on any atom is -0.481 e. The Labute approximate surface area is 145 Å².